The number of carboxylic acids is 1. The summed E-state index contributed by atoms with van der Waals surface area (Å²) < 4.78 is 0. The Morgan fingerprint density at radius 1 is 1.05 bits per heavy atom. The summed E-state index contributed by atoms with van der Waals surface area (Å²) in [6.07, 6.45) is 5.06. The number of piperidine rings is 1. The van der Waals surface area contributed by atoms with Crippen molar-refractivity contribution in [3.8, 4) is 0 Å². The van der Waals surface area contributed by atoms with Crippen LogP contribution >= 0.6 is 0 Å². The van der Waals surface area contributed by atoms with Crippen LogP contribution in [0.1, 0.15) is 38.5 Å². The highest BCUT2D eigenvalue weighted by molar-refractivity contribution is 5.86. The molecular weight excluding hydrogens is 272 g/mol. The van der Waals surface area contributed by atoms with Crippen LogP contribution in [-0.2, 0) is 14.4 Å². The molecule has 1 saturated heterocycles. The van der Waals surface area contributed by atoms with E-state index in [1.54, 1.807) is 11.9 Å². The number of likely N-dealkylation sites (tertiary alicyclic amines) is 1. The topological polar surface area (TPSA) is 77.9 Å². The van der Waals surface area contributed by atoms with Crippen molar-refractivity contribution in [1.82, 2.24) is 9.80 Å². The fourth-order valence-corrected chi connectivity index (χ4v) is 3.24. The first kappa shape index (κ1) is 15.8. The van der Waals surface area contributed by atoms with Crippen molar-refractivity contribution in [1.29, 1.82) is 0 Å². The van der Waals surface area contributed by atoms with Crippen molar-refractivity contribution in [3.63, 3.8) is 0 Å². The molecule has 0 unspecified atom stereocenters. The van der Waals surface area contributed by atoms with Crippen LogP contribution in [0.2, 0.25) is 0 Å². The lowest BCUT2D eigenvalue weighted by molar-refractivity contribution is -0.146. The zero-order valence-electron chi connectivity index (χ0n) is 12.6. The lowest BCUT2D eigenvalue weighted by atomic mass is 9.97. The van der Waals surface area contributed by atoms with Gasteiger partial charge in [-0.3, -0.25) is 14.4 Å². The Kier molecular flexibility index (Phi) is 5.20. The molecule has 1 aliphatic heterocycles. The van der Waals surface area contributed by atoms with Crippen LogP contribution in [0.4, 0.5) is 0 Å². The van der Waals surface area contributed by atoms with Gasteiger partial charge < -0.3 is 14.9 Å². The number of hydrogen-bond acceptors (Lipinski definition) is 3. The molecule has 2 fully saturated rings. The molecule has 2 amide bonds. The summed E-state index contributed by atoms with van der Waals surface area (Å²) in [5, 5.41) is 8.95. The molecule has 6 nitrogen and oxygen atoms in total. The number of carboxylic acid groups (broad SMARTS) is 1. The Balaban J connectivity index is 1.78. The maximum Gasteiger partial charge on any atom is 0.306 e. The number of nitrogens with zero attached hydrogens (tertiary/aromatic N) is 2. The molecule has 21 heavy (non-hydrogen) atoms. The Labute approximate surface area is 125 Å². The first-order chi connectivity index (χ1) is 9.99. The highest BCUT2D eigenvalue weighted by Gasteiger charge is 2.30. The molecule has 118 valence electrons. The molecule has 2 rings (SSSR count). The maximum absolute atomic E-state index is 12.2. The SMILES string of the molecule is CN(CC(=O)N1CCC(C(=O)O)CC1)C(=O)C1CCCC1. The molecule has 0 aromatic rings. The van der Waals surface area contributed by atoms with Crippen LogP contribution in [0.25, 0.3) is 0 Å². The van der Waals surface area contributed by atoms with Crippen molar-refractivity contribution in [2.24, 2.45) is 11.8 Å². The van der Waals surface area contributed by atoms with Gasteiger partial charge in [0.1, 0.15) is 0 Å². The van der Waals surface area contributed by atoms with Gasteiger partial charge in [-0.25, -0.2) is 0 Å². The zero-order valence-corrected chi connectivity index (χ0v) is 12.6. The van der Waals surface area contributed by atoms with E-state index in [-0.39, 0.29) is 30.2 Å². The summed E-state index contributed by atoms with van der Waals surface area (Å²) in [5.41, 5.74) is 0. The van der Waals surface area contributed by atoms with Gasteiger partial charge in [-0.1, -0.05) is 12.8 Å². The second-order valence-electron chi connectivity index (χ2n) is 6.17. The minimum absolute atomic E-state index is 0.0706. The van der Waals surface area contributed by atoms with Gasteiger partial charge in [-0.2, -0.15) is 0 Å². The van der Waals surface area contributed by atoms with Crippen molar-refractivity contribution in [3.05, 3.63) is 0 Å². The summed E-state index contributed by atoms with van der Waals surface area (Å²) in [6, 6.07) is 0. The van der Waals surface area contributed by atoms with Gasteiger partial charge in [0.05, 0.1) is 12.5 Å². The molecular formula is C15H24N2O4. The molecule has 0 aromatic heterocycles. The summed E-state index contributed by atoms with van der Waals surface area (Å²) >= 11 is 0. The summed E-state index contributed by atoms with van der Waals surface area (Å²) in [4.78, 5) is 38.5. The predicted octanol–water partition coefficient (Wildman–Crippen LogP) is 0.958. The first-order valence-corrected chi connectivity index (χ1v) is 7.74. The molecule has 0 radical (unpaired) electrons. The van der Waals surface area contributed by atoms with E-state index in [0.29, 0.717) is 25.9 Å². The lowest BCUT2D eigenvalue weighted by Crippen LogP contribution is -2.46. The summed E-state index contributed by atoms with van der Waals surface area (Å²) in [7, 11) is 1.68. The minimum atomic E-state index is -0.782. The third kappa shape index (κ3) is 3.95. The van der Waals surface area contributed by atoms with E-state index in [9.17, 15) is 14.4 Å². The maximum atomic E-state index is 12.2. The van der Waals surface area contributed by atoms with E-state index >= 15 is 0 Å². The Bertz CT molecular complexity index is 410. The standard InChI is InChI=1S/C15H24N2O4/c1-16(14(19)11-4-2-3-5-11)10-13(18)17-8-6-12(7-9-17)15(20)21/h11-12H,2-10H2,1H3,(H,20,21). The Morgan fingerprint density at radius 3 is 2.14 bits per heavy atom. The molecule has 0 atom stereocenters. The van der Waals surface area contributed by atoms with Crippen molar-refractivity contribution in [2.45, 2.75) is 38.5 Å². The van der Waals surface area contributed by atoms with Crippen LogP contribution in [-0.4, -0.2) is 59.4 Å². The molecule has 0 spiro atoms. The summed E-state index contributed by atoms with van der Waals surface area (Å²) in [6.45, 7) is 1.05. The van der Waals surface area contributed by atoms with Gasteiger partial charge in [0.2, 0.25) is 11.8 Å². The average Bonchev–Trinajstić information content (AvgIpc) is 3.00. The molecule has 1 N–H and O–H groups in total. The number of carbonyl (C=O) groups is 3. The first-order valence-electron chi connectivity index (χ1n) is 7.74. The quantitative estimate of drug-likeness (QED) is 0.838. The number of hydrogen-bond donors (Lipinski definition) is 1. The molecule has 1 saturated carbocycles. The third-order valence-corrected chi connectivity index (χ3v) is 4.65. The largest absolute Gasteiger partial charge is 0.481 e. The second kappa shape index (κ2) is 6.91. The van der Waals surface area contributed by atoms with Crippen LogP contribution in [0.15, 0.2) is 0 Å². The van der Waals surface area contributed by atoms with E-state index in [1.165, 1.54) is 4.90 Å². The highest BCUT2D eigenvalue weighted by Crippen LogP contribution is 2.26. The summed E-state index contributed by atoms with van der Waals surface area (Å²) in [5.74, 6) is -1.04. The number of carbonyl (C=O) groups excluding carboxylic acids is 2. The van der Waals surface area contributed by atoms with Gasteiger partial charge in [-0.15, -0.1) is 0 Å². The zero-order chi connectivity index (χ0) is 15.4. The Hall–Kier alpha value is -1.59. The van der Waals surface area contributed by atoms with Gasteiger partial charge >= 0.3 is 5.97 Å². The van der Waals surface area contributed by atoms with Crippen LogP contribution in [0.5, 0.6) is 0 Å². The number of amides is 2. The lowest BCUT2D eigenvalue weighted by Gasteiger charge is -2.31. The monoisotopic (exact) mass is 296 g/mol. The van der Waals surface area contributed by atoms with Crippen molar-refractivity contribution < 1.29 is 19.5 Å². The smallest absolute Gasteiger partial charge is 0.306 e. The minimum Gasteiger partial charge on any atom is -0.481 e. The molecule has 0 aromatic carbocycles. The highest BCUT2D eigenvalue weighted by atomic mass is 16.4. The van der Waals surface area contributed by atoms with E-state index in [4.69, 9.17) is 5.11 Å². The second-order valence-corrected chi connectivity index (χ2v) is 6.17. The van der Waals surface area contributed by atoms with Crippen LogP contribution in [0, 0.1) is 11.8 Å². The van der Waals surface area contributed by atoms with Crippen molar-refractivity contribution in [2.75, 3.05) is 26.7 Å². The molecule has 6 heteroatoms. The van der Waals surface area contributed by atoms with Gasteiger partial charge in [0.25, 0.3) is 0 Å². The number of rotatable bonds is 4. The fraction of sp³-hybridized carbons (Fsp3) is 0.800. The van der Waals surface area contributed by atoms with Crippen LogP contribution in [0.3, 0.4) is 0 Å². The fourth-order valence-electron chi connectivity index (χ4n) is 3.24. The predicted molar refractivity (Wildman–Crippen MR) is 76.5 cm³/mol. The third-order valence-electron chi connectivity index (χ3n) is 4.65. The number of aliphatic carboxylic acids is 1. The number of likely N-dealkylation sites (N-methyl/N-ethyl adjacent to an activating group) is 1. The normalized spacial score (nSPS) is 20.5. The van der Waals surface area contributed by atoms with Gasteiger partial charge in [0, 0.05) is 26.1 Å². The molecule has 0 bridgehead atoms. The van der Waals surface area contributed by atoms with Gasteiger partial charge in [0.15, 0.2) is 0 Å². The van der Waals surface area contributed by atoms with E-state index in [0.717, 1.165) is 25.7 Å². The van der Waals surface area contributed by atoms with E-state index in [2.05, 4.69) is 0 Å². The van der Waals surface area contributed by atoms with E-state index < -0.39 is 5.97 Å². The molecule has 1 aliphatic carbocycles. The van der Waals surface area contributed by atoms with Gasteiger partial charge in [-0.05, 0) is 25.7 Å². The van der Waals surface area contributed by atoms with E-state index in [1.807, 2.05) is 0 Å². The molecule has 2 aliphatic rings. The average molecular weight is 296 g/mol. The Morgan fingerprint density at radius 2 is 1.62 bits per heavy atom. The molecule has 1 heterocycles. The van der Waals surface area contributed by atoms with Crippen molar-refractivity contribution >= 4 is 17.8 Å². The van der Waals surface area contributed by atoms with Crippen LogP contribution < -0.4 is 0 Å².